The van der Waals surface area contributed by atoms with Gasteiger partial charge in [-0.2, -0.15) is 0 Å². The SMILES string of the molecule is Cc1ccc(C)c(NC(=O)CSc2nnc(CNC(=O)c3cccs3)o2)c1. The summed E-state index contributed by atoms with van der Waals surface area (Å²) in [5, 5.41) is 15.5. The van der Waals surface area contributed by atoms with Crippen LogP contribution in [0.4, 0.5) is 5.69 Å². The molecule has 0 unspecified atom stereocenters. The van der Waals surface area contributed by atoms with Crippen LogP contribution in [0.25, 0.3) is 0 Å². The number of hydrogen-bond acceptors (Lipinski definition) is 7. The molecule has 0 aliphatic rings. The van der Waals surface area contributed by atoms with E-state index in [0.717, 1.165) is 28.6 Å². The Hall–Kier alpha value is -2.65. The highest BCUT2D eigenvalue weighted by Gasteiger charge is 2.12. The number of carbonyl (C=O) groups excluding carboxylic acids is 2. The van der Waals surface area contributed by atoms with E-state index in [4.69, 9.17) is 4.42 Å². The lowest BCUT2D eigenvalue weighted by Gasteiger charge is -2.08. The number of aryl methyl sites for hydroxylation is 2. The van der Waals surface area contributed by atoms with Crippen molar-refractivity contribution in [2.45, 2.75) is 25.6 Å². The van der Waals surface area contributed by atoms with E-state index in [0.29, 0.717) is 4.88 Å². The second-order valence-corrected chi connectivity index (χ2v) is 7.65. The van der Waals surface area contributed by atoms with Gasteiger partial charge in [0.25, 0.3) is 11.1 Å². The Labute approximate surface area is 164 Å². The second kappa shape index (κ2) is 8.83. The highest BCUT2D eigenvalue weighted by atomic mass is 32.2. The fraction of sp³-hybridized carbons (Fsp3) is 0.222. The third kappa shape index (κ3) is 5.41. The lowest BCUT2D eigenvalue weighted by molar-refractivity contribution is -0.113. The van der Waals surface area contributed by atoms with Gasteiger partial charge in [0.2, 0.25) is 11.8 Å². The van der Waals surface area contributed by atoms with Gasteiger partial charge in [-0.05, 0) is 42.5 Å². The average molecular weight is 403 g/mol. The molecule has 0 saturated heterocycles. The molecule has 0 spiro atoms. The number of thiophene rings is 1. The normalized spacial score (nSPS) is 10.6. The lowest BCUT2D eigenvalue weighted by Crippen LogP contribution is -2.21. The number of benzene rings is 1. The summed E-state index contributed by atoms with van der Waals surface area (Å²) < 4.78 is 5.44. The van der Waals surface area contributed by atoms with Gasteiger partial charge in [0.1, 0.15) is 0 Å². The van der Waals surface area contributed by atoms with Crippen LogP contribution in [0.5, 0.6) is 0 Å². The summed E-state index contributed by atoms with van der Waals surface area (Å²) in [5.41, 5.74) is 2.87. The van der Waals surface area contributed by atoms with Crippen LogP contribution in [-0.2, 0) is 11.3 Å². The first-order valence-corrected chi connectivity index (χ1v) is 10.0. The largest absolute Gasteiger partial charge is 0.414 e. The lowest BCUT2D eigenvalue weighted by atomic mass is 10.1. The van der Waals surface area contributed by atoms with E-state index in [2.05, 4.69) is 20.8 Å². The summed E-state index contributed by atoms with van der Waals surface area (Å²) in [4.78, 5) is 24.6. The van der Waals surface area contributed by atoms with Gasteiger partial charge in [0.05, 0.1) is 17.2 Å². The standard InChI is InChI=1S/C18H18N4O3S2/c1-11-5-6-12(2)13(8-11)20-15(23)10-27-18-22-21-16(25-18)9-19-17(24)14-4-3-7-26-14/h3-8H,9-10H2,1-2H3,(H,19,24)(H,20,23). The quantitative estimate of drug-likeness (QED) is 0.588. The molecule has 7 nitrogen and oxygen atoms in total. The molecule has 2 heterocycles. The number of rotatable bonds is 7. The van der Waals surface area contributed by atoms with Gasteiger partial charge in [0.15, 0.2) is 0 Å². The number of nitrogens with zero attached hydrogens (tertiary/aromatic N) is 2. The van der Waals surface area contributed by atoms with Gasteiger partial charge in [-0.3, -0.25) is 9.59 Å². The van der Waals surface area contributed by atoms with Crippen LogP contribution in [0.2, 0.25) is 0 Å². The number of nitrogens with one attached hydrogen (secondary N) is 2. The molecule has 0 fully saturated rings. The number of hydrogen-bond donors (Lipinski definition) is 2. The predicted molar refractivity (Wildman–Crippen MR) is 105 cm³/mol. The summed E-state index contributed by atoms with van der Waals surface area (Å²) in [6.45, 7) is 4.05. The van der Waals surface area contributed by atoms with Gasteiger partial charge < -0.3 is 15.1 Å². The van der Waals surface area contributed by atoms with E-state index < -0.39 is 0 Å². The van der Waals surface area contributed by atoms with Crippen molar-refractivity contribution in [3.8, 4) is 0 Å². The monoisotopic (exact) mass is 402 g/mol. The summed E-state index contributed by atoms with van der Waals surface area (Å²) in [6, 6.07) is 9.44. The van der Waals surface area contributed by atoms with Crippen molar-refractivity contribution in [2.24, 2.45) is 0 Å². The summed E-state index contributed by atoms with van der Waals surface area (Å²) in [5.74, 6) is 0.0958. The summed E-state index contributed by atoms with van der Waals surface area (Å²) in [6.07, 6.45) is 0. The van der Waals surface area contributed by atoms with E-state index in [1.807, 2.05) is 43.5 Å². The molecule has 0 aliphatic carbocycles. The topological polar surface area (TPSA) is 97.1 Å². The molecule has 9 heteroatoms. The highest BCUT2D eigenvalue weighted by molar-refractivity contribution is 7.99. The summed E-state index contributed by atoms with van der Waals surface area (Å²) in [7, 11) is 0. The molecule has 2 N–H and O–H groups in total. The molecule has 0 radical (unpaired) electrons. The fourth-order valence-corrected chi connectivity index (χ4v) is 3.42. The summed E-state index contributed by atoms with van der Waals surface area (Å²) >= 11 is 2.51. The van der Waals surface area contributed by atoms with E-state index in [1.54, 1.807) is 6.07 Å². The van der Waals surface area contributed by atoms with E-state index in [-0.39, 0.29) is 35.2 Å². The Kier molecular flexibility index (Phi) is 6.25. The van der Waals surface area contributed by atoms with Crippen LogP contribution in [0.1, 0.15) is 26.7 Å². The molecule has 3 aromatic rings. The molecule has 2 aromatic heterocycles. The molecule has 3 rings (SSSR count). The zero-order valence-electron chi connectivity index (χ0n) is 14.8. The Morgan fingerprint density at radius 2 is 2.07 bits per heavy atom. The molecule has 0 bridgehead atoms. The minimum atomic E-state index is -0.190. The van der Waals surface area contributed by atoms with Gasteiger partial charge in [0, 0.05) is 5.69 Å². The third-order valence-electron chi connectivity index (χ3n) is 3.59. The van der Waals surface area contributed by atoms with Crippen LogP contribution >= 0.6 is 23.1 Å². The minimum absolute atomic E-state index is 0.138. The molecule has 0 saturated carbocycles. The van der Waals surface area contributed by atoms with Crippen molar-refractivity contribution in [1.82, 2.24) is 15.5 Å². The van der Waals surface area contributed by atoms with Crippen molar-refractivity contribution in [1.29, 1.82) is 0 Å². The average Bonchev–Trinajstić information content (AvgIpc) is 3.33. The number of anilines is 1. The number of amides is 2. The van der Waals surface area contributed by atoms with E-state index >= 15 is 0 Å². The van der Waals surface area contributed by atoms with Crippen LogP contribution in [0.15, 0.2) is 45.4 Å². The van der Waals surface area contributed by atoms with Gasteiger partial charge in [-0.25, -0.2) is 0 Å². The van der Waals surface area contributed by atoms with Crippen LogP contribution in [0.3, 0.4) is 0 Å². The van der Waals surface area contributed by atoms with Crippen LogP contribution in [-0.4, -0.2) is 27.8 Å². The van der Waals surface area contributed by atoms with Gasteiger partial charge in [-0.15, -0.1) is 21.5 Å². The van der Waals surface area contributed by atoms with Crippen LogP contribution < -0.4 is 10.6 Å². The van der Waals surface area contributed by atoms with Crippen molar-refractivity contribution < 1.29 is 14.0 Å². The predicted octanol–water partition coefficient (Wildman–Crippen LogP) is 3.41. The Bertz CT molecular complexity index is 938. The zero-order valence-corrected chi connectivity index (χ0v) is 16.4. The molecule has 1 aromatic carbocycles. The second-order valence-electron chi connectivity index (χ2n) is 5.78. The first-order valence-electron chi connectivity index (χ1n) is 8.15. The maximum Gasteiger partial charge on any atom is 0.277 e. The van der Waals surface area contributed by atoms with Crippen molar-refractivity contribution in [3.05, 3.63) is 57.6 Å². The smallest absolute Gasteiger partial charge is 0.277 e. The highest BCUT2D eigenvalue weighted by Crippen LogP contribution is 2.19. The fourth-order valence-electron chi connectivity index (χ4n) is 2.20. The van der Waals surface area contributed by atoms with Crippen molar-refractivity contribution in [2.75, 3.05) is 11.1 Å². The number of thioether (sulfide) groups is 1. The van der Waals surface area contributed by atoms with E-state index in [1.165, 1.54) is 11.3 Å². The zero-order chi connectivity index (χ0) is 19.2. The molecule has 27 heavy (non-hydrogen) atoms. The first-order chi connectivity index (χ1) is 13.0. The van der Waals surface area contributed by atoms with Crippen LogP contribution in [0, 0.1) is 13.8 Å². The molecule has 0 aliphatic heterocycles. The molecular formula is C18H18N4O3S2. The first kappa shape index (κ1) is 19.1. The maximum absolute atomic E-state index is 12.1. The minimum Gasteiger partial charge on any atom is -0.414 e. The molecule has 140 valence electrons. The van der Waals surface area contributed by atoms with E-state index in [9.17, 15) is 9.59 Å². The molecule has 2 amide bonds. The molecule has 0 atom stereocenters. The van der Waals surface area contributed by atoms with Gasteiger partial charge in [-0.1, -0.05) is 30.0 Å². The molecular weight excluding hydrogens is 384 g/mol. The Balaban J connectivity index is 1.47. The maximum atomic E-state index is 12.1. The number of aromatic nitrogens is 2. The van der Waals surface area contributed by atoms with Crippen molar-refractivity contribution >= 4 is 40.6 Å². The van der Waals surface area contributed by atoms with Crippen molar-refractivity contribution in [3.63, 3.8) is 0 Å². The Morgan fingerprint density at radius 1 is 1.22 bits per heavy atom. The van der Waals surface area contributed by atoms with Gasteiger partial charge >= 0.3 is 0 Å². The third-order valence-corrected chi connectivity index (χ3v) is 5.27. The number of carbonyl (C=O) groups is 2. The Morgan fingerprint density at radius 3 is 2.85 bits per heavy atom.